The molecule has 0 aliphatic heterocycles. The van der Waals surface area contributed by atoms with Gasteiger partial charge >= 0.3 is 0 Å². The Kier molecular flexibility index (Phi) is 6.25. The Morgan fingerprint density at radius 3 is 2.45 bits per heavy atom. The molecule has 6 nitrogen and oxygen atoms in total. The lowest BCUT2D eigenvalue weighted by Crippen LogP contribution is -2.27. The fourth-order valence-electron chi connectivity index (χ4n) is 1.67. The predicted octanol–water partition coefficient (Wildman–Crippen LogP) is 0.934. The molecule has 1 rings (SSSR count). The molecule has 0 unspecified atom stereocenters. The molecular formula is C13H22N2O4S. The summed E-state index contributed by atoms with van der Waals surface area (Å²) in [5, 5.41) is 0. The first kappa shape index (κ1) is 16.7. The summed E-state index contributed by atoms with van der Waals surface area (Å²) in [5.41, 5.74) is 0. The smallest absolute Gasteiger partial charge is 0.244 e. The topological polar surface area (TPSA) is 67.9 Å². The summed E-state index contributed by atoms with van der Waals surface area (Å²) in [4.78, 5) is 2.09. The molecule has 0 aromatic heterocycles. The lowest BCUT2D eigenvalue weighted by atomic mass is 10.3. The molecule has 0 saturated carbocycles. The van der Waals surface area contributed by atoms with Crippen molar-refractivity contribution in [1.82, 2.24) is 9.62 Å². The Bertz CT molecular complexity index is 529. The van der Waals surface area contributed by atoms with Gasteiger partial charge in [-0.15, -0.1) is 0 Å². The van der Waals surface area contributed by atoms with Crippen LogP contribution in [-0.4, -0.2) is 54.7 Å². The minimum atomic E-state index is -3.61. The van der Waals surface area contributed by atoms with Crippen LogP contribution in [0.2, 0.25) is 0 Å². The first-order valence-corrected chi connectivity index (χ1v) is 7.75. The van der Waals surface area contributed by atoms with E-state index in [-0.39, 0.29) is 4.90 Å². The molecule has 0 aliphatic rings. The quantitative estimate of drug-likeness (QED) is 0.724. The van der Waals surface area contributed by atoms with Crippen LogP contribution in [0.1, 0.15) is 6.42 Å². The highest BCUT2D eigenvalue weighted by Gasteiger charge is 2.19. The monoisotopic (exact) mass is 302 g/mol. The number of ether oxygens (including phenoxy) is 2. The third kappa shape index (κ3) is 4.66. The molecule has 7 heteroatoms. The third-order valence-electron chi connectivity index (χ3n) is 2.73. The van der Waals surface area contributed by atoms with Gasteiger partial charge in [-0.1, -0.05) is 0 Å². The van der Waals surface area contributed by atoms with Crippen molar-refractivity contribution >= 4 is 10.0 Å². The second kappa shape index (κ2) is 7.47. The number of benzene rings is 1. The number of hydrogen-bond acceptors (Lipinski definition) is 5. The molecule has 0 heterocycles. The molecule has 1 aromatic rings. The van der Waals surface area contributed by atoms with E-state index in [4.69, 9.17) is 9.47 Å². The van der Waals surface area contributed by atoms with E-state index in [1.165, 1.54) is 20.3 Å². The van der Waals surface area contributed by atoms with E-state index in [1.807, 2.05) is 19.0 Å². The maximum absolute atomic E-state index is 12.3. The molecule has 0 amide bonds. The van der Waals surface area contributed by atoms with Gasteiger partial charge in [0.1, 0.15) is 16.4 Å². The highest BCUT2D eigenvalue weighted by Crippen LogP contribution is 2.27. The van der Waals surface area contributed by atoms with Gasteiger partial charge in [-0.05, 0) is 39.2 Å². The molecule has 0 fully saturated rings. The van der Waals surface area contributed by atoms with Gasteiger partial charge in [-0.2, -0.15) is 0 Å². The molecule has 0 aliphatic carbocycles. The molecule has 0 saturated heterocycles. The van der Waals surface area contributed by atoms with Crippen LogP contribution in [0.25, 0.3) is 0 Å². The van der Waals surface area contributed by atoms with Gasteiger partial charge in [0.2, 0.25) is 10.0 Å². The SMILES string of the molecule is COc1ccc(OC)c(S(=O)(=O)NCCCN(C)C)c1. The number of hydrogen-bond donors (Lipinski definition) is 1. The number of sulfonamides is 1. The van der Waals surface area contributed by atoms with Gasteiger partial charge < -0.3 is 14.4 Å². The van der Waals surface area contributed by atoms with Crippen LogP contribution < -0.4 is 14.2 Å². The summed E-state index contributed by atoms with van der Waals surface area (Å²) in [5.74, 6) is 0.769. The zero-order valence-electron chi connectivity index (χ0n) is 12.3. The lowest BCUT2D eigenvalue weighted by Gasteiger charge is -2.13. The van der Waals surface area contributed by atoms with Crippen LogP contribution in [0.3, 0.4) is 0 Å². The number of methoxy groups -OCH3 is 2. The second-order valence-electron chi connectivity index (χ2n) is 4.57. The van der Waals surface area contributed by atoms with Crippen LogP contribution >= 0.6 is 0 Å². The third-order valence-corrected chi connectivity index (χ3v) is 4.22. The van der Waals surface area contributed by atoms with E-state index in [2.05, 4.69) is 4.72 Å². The van der Waals surface area contributed by atoms with Crippen molar-refractivity contribution < 1.29 is 17.9 Å². The average Bonchev–Trinajstić information content (AvgIpc) is 2.42. The Labute approximate surface area is 120 Å². The summed E-state index contributed by atoms with van der Waals surface area (Å²) >= 11 is 0. The standard InChI is InChI=1S/C13H22N2O4S/c1-15(2)9-5-8-14-20(16,17)13-10-11(18-3)6-7-12(13)19-4/h6-7,10,14H,5,8-9H2,1-4H3. The van der Waals surface area contributed by atoms with Crippen LogP contribution in [0.5, 0.6) is 11.5 Å². The molecule has 20 heavy (non-hydrogen) atoms. The summed E-state index contributed by atoms with van der Waals surface area (Å²) in [6.45, 7) is 1.19. The Morgan fingerprint density at radius 1 is 1.20 bits per heavy atom. The Hall–Kier alpha value is -1.31. The van der Waals surface area contributed by atoms with Crippen LogP contribution in [0.4, 0.5) is 0 Å². The van der Waals surface area contributed by atoms with Crippen molar-refractivity contribution in [1.29, 1.82) is 0 Å². The summed E-state index contributed by atoms with van der Waals surface area (Å²) in [6, 6.07) is 4.68. The molecule has 1 N–H and O–H groups in total. The van der Waals surface area contributed by atoms with Crippen LogP contribution in [-0.2, 0) is 10.0 Å². The molecular weight excluding hydrogens is 280 g/mol. The van der Waals surface area contributed by atoms with E-state index in [9.17, 15) is 8.42 Å². The highest BCUT2D eigenvalue weighted by atomic mass is 32.2. The summed E-state index contributed by atoms with van der Waals surface area (Å²) in [6.07, 6.45) is 0.735. The molecule has 0 radical (unpaired) electrons. The van der Waals surface area contributed by atoms with Crippen molar-refractivity contribution in [2.45, 2.75) is 11.3 Å². The van der Waals surface area contributed by atoms with Crippen LogP contribution in [0.15, 0.2) is 23.1 Å². The van der Waals surface area contributed by atoms with Gasteiger partial charge in [0.15, 0.2) is 0 Å². The van der Waals surface area contributed by atoms with Crippen molar-refractivity contribution in [3.8, 4) is 11.5 Å². The maximum Gasteiger partial charge on any atom is 0.244 e. The predicted molar refractivity (Wildman–Crippen MR) is 77.9 cm³/mol. The number of nitrogens with zero attached hydrogens (tertiary/aromatic N) is 1. The van der Waals surface area contributed by atoms with Crippen molar-refractivity contribution in [2.75, 3.05) is 41.4 Å². The van der Waals surface area contributed by atoms with Gasteiger partial charge in [0, 0.05) is 12.6 Å². The molecule has 0 bridgehead atoms. The second-order valence-corrected chi connectivity index (χ2v) is 6.31. The van der Waals surface area contributed by atoms with Crippen molar-refractivity contribution in [3.05, 3.63) is 18.2 Å². The minimum Gasteiger partial charge on any atom is -0.497 e. The molecule has 1 aromatic carbocycles. The van der Waals surface area contributed by atoms with E-state index >= 15 is 0 Å². The Balaban J connectivity index is 2.85. The van der Waals surface area contributed by atoms with Gasteiger partial charge in [0.05, 0.1) is 14.2 Å². The molecule has 0 spiro atoms. The first-order valence-electron chi connectivity index (χ1n) is 6.27. The maximum atomic E-state index is 12.3. The van der Waals surface area contributed by atoms with E-state index < -0.39 is 10.0 Å². The van der Waals surface area contributed by atoms with Crippen molar-refractivity contribution in [3.63, 3.8) is 0 Å². The van der Waals surface area contributed by atoms with Gasteiger partial charge in [-0.3, -0.25) is 0 Å². The fraction of sp³-hybridized carbons (Fsp3) is 0.538. The molecule has 0 atom stereocenters. The largest absolute Gasteiger partial charge is 0.497 e. The zero-order valence-corrected chi connectivity index (χ0v) is 13.2. The summed E-state index contributed by atoms with van der Waals surface area (Å²) < 4.78 is 37.2. The van der Waals surface area contributed by atoms with Crippen LogP contribution in [0, 0.1) is 0 Å². The number of rotatable bonds is 8. The van der Waals surface area contributed by atoms with E-state index in [1.54, 1.807) is 12.1 Å². The molecule has 114 valence electrons. The average molecular weight is 302 g/mol. The normalized spacial score (nSPS) is 11.7. The van der Waals surface area contributed by atoms with Gasteiger partial charge in [-0.25, -0.2) is 13.1 Å². The highest BCUT2D eigenvalue weighted by molar-refractivity contribution is 7.89. The lowest BCUT2D eigenvalue weighted by molar-refractivity contribution is 0.390. The van der Waals surface area contributed by atoms with Gasteiger partial charge in [0.25, 0.3) is 0 Å². The zero-order chi connectivity index (χ0) is 15.2. The van der Waals surface area contributed by atoms with E-state index in [0.717, 1.165) is 13.0 Å². The minimum absolute atomic E-state index is 0.0872. The first-order chi connectivity index (χ1) is 9.40. The van der Waals surface area contributed by atoms with E-state index in [0.29, 0.717) is 18.0 Å². The Morgan fingerprint density at radius 2 is 1.90 bits per heavy atom. The summed E-state index contributed by atoms with van der Waals surface area (Å²) in [7, 11) is 3.21. The number of nitrogens with one attached hydrogen (secondary N) is 1. The van der Waals surface area contributed by atoms with Crippen molar-refractivity contribution in [2.24, 2.45) is 0 Å². The fourth-order valence-corrected chi connectivity index (χ4v) is 2.93.